The van der Waals surface area contributed by atoms with E-state index in [0.717, 1.165) is 38.6 Å². The lowest BCUT2D eigenvalue weighted by atomic mass is 10.1. The second kappa shape index (κ2) is 10.9. The number of unbranched alkanes of at least 4 members (excludes halogenated alkanes) is 1. The maximum absolute atomic E-state index is 5.91. The van der Waals surface area contributed by atoms with Crippen molar-refractivity contribution >= 4 is 23.5 Å². The van der Waals surface area contributed by atoms with Crippen LogP contribution in [0.15, 0.2) is 29.3 Å². The van der Waals surface area contributed by atoms with E-state index in [1.54, 1.807) is 18.0 Å². The lowest BCUT2D eigenvalue weighted by molar-refractivity contribution is 0.310. The summed E-state index contributed by atoms with van der Waals surface area (Å²) in [4.78, 5) is 9.63. The zero-order valence-electron chi connectivity index (χ0n) is 16.0. The molecule has 0 radical (unpaired) electrons. The average molecular weight is 375 g/mol. The number of hydrogen-bond acceptors (Lipinski definition) is 6. The number of nitrogens with two attached hydrogens (primary N) is 1. The van der Waals surface area contributed by atoms with E-state index in [4.69, 9.17) is 10.5 Å². The van der Waals surface area contributed by atoms with Gasteiger partial charge in [0, 0.05) is 11.4 Å². The van der Waals surface area contributed by atoms with Crippen molar-refractivity contribution in [2.24, 2.45) is 0 Å². The number of rotatable bonds is 11. The minimum absolute atomic E-state index is 0.261. The van der Waals surface area contributed by atoms with Crippen molar-refractivity contribution in [1.29, 1.82) is 0 Å². The van der Waals surface area contributed by atoms with Gasteiger partial charge in [-0.05, 0) is 55.2 Å². The predicted octanol–water partition coefficient (Wildman–Crippen LogP) is 4.57. The topological polar surface area (TPSA) is 73.1 Å². The monoisotopic (exact) mass is 374 g/mol. The third-order valence-corrected chi connectivity index (χ3v) is 4.84. The number of ether oxygens (including phenoxy) is 1. The molecule has 0 fully saturated rings. The normalized spacial score (nSPS) is 10.7. The van der Waals surface area contributed by atoms with Crippen molar-refractivity contribution in [2.45, 2.75) is 50.8 Å². The molecule has 2 aromatic rings. The second-order valence-corrected chi connectivity index (χ2v) is 7.10. The summed E-state index contributed by atoms with van der Waals surface area (Å²) in [7, 11) is 0. The molecule has 0 amide bonds. The van der Waals surface area contributed by atoms with Crippen LogP contribution in [0.2, 0.25) is 0 Å². The molecule has 5 nitrogen and oxygen atoms in total. The Hall–Kier alpha value is -1.95. The van der Waals surface area contributed by atoms with Gasteiger partial charge >= 0.3 is 0 Å². The minimum atomic E-state index is 0.261. The first-order chi connectivity index (χ1) is 12.7. The van der Waals surface area contributed by atoms with Gasteiger partial charge in [-0.25, -0.2) is 4.98 Å². The van der Waals surface area contributed by atoms with E-state index in [1.807, 2.05) is 0 Å². The predicted molar refractivity (Wildman–Crippen MR) is 111 cm³/mol. The van der Waals surface area contributed by atoms with Crippen LogP contribution in [0.4, 0.5) is 11.8 Å². The molecule has 0 unspecified atom stereocenters. The number of benzene rings is 1. The second-order valence-electron chi connectivity index (χ2n) is 6.22. The Bertz CT molecular complexity index is 671. The molecule has 3 N–H and O–H groups in total. The van der Waals surface area contributed by atoms with E-state index < -0.39 is 0 Å². The molecule has 142 valence electrons. The first kappa shape index (κ1) is 20.4. The third kappa shape index (κ3) is 6.41. The highest BCUT2D eigenvalue weighted by molar-refractivity contribution is 7.98. The number of nitrogens with one attached hydrogen (secondary N) is 1. The van der Waals surface area contributed by atoms with Gasteiger partial charge in [0.1, 0.15) is 0 Å². The first-order valence-electron chi connectivity index (χ1n) is 9.32. The molecule has 26 heavy (non-hydrogen) atoms. The summed E-state index contributed by atoms with van der Waals surface area (Å²) in [5.74, 6) is 1.61. The van der Waals surface area contributed by atoms with Crippen LogP contribution in [0.5, 0.6) is 5.75 Å². The van der Waals surface area contributed by atoms with Crippen LogP contribution in [-0.2, 0) is 12.8 Å². The van der Waals surface area contributed by atoms with Crippen molar-refractivity contribution in [3.8, 4) is 5.75 Å². The number of thioether (sulfide) groups is 1. The van der Waals surface area contributed by atoms with Crippen LogP contribution in [0, 0.1) is 0 Å². The van der Waals surface area contributed by atoms with Crippen molar-refractivity contribution in [1.82, 2.24) is 9.97 Å². The van der Waals surface area contributed by atoms with Gasteiger partial charge in [-0.15, -0.1) is 11.8 Å². The van der Waals surface area contributed by atoms with Gasteiger partial charge in [0.25, 0.3) is 0 Å². The van der Waals surface area contributed by atoms with Crippen LogP contribution in [0.3, 0.4) is 0 Å². The average Bonchev–Trinajstić information content (AvgIpc) is 2.66. The highest BCUT2D eigenvalue weighted by Crippen LogP contribution is 2.23. The Morgan fingerprint density at radius 3 is 2.69 bits per heavy atom. The molecule has 1 aromatic heterocycles. The van der Waals surface area contributed by atoms with E-state index in [9.17, 15) is 0 Å². The number of aryl methyl sites for hydroxylation is 2. The first-order valence-corrected chi connectivity index (χ1v) is 10.5. The summed E-state index contributed by atoms with van der Waals surface area (Å²) in [5, 5.41) is 3.28. The summed E-state index contributed by atoms with van der Waals surface area (Å²) in [6.07, 6.45) is 8.98. The lowest BCUT2D eigenvalue weighted by Crippen LogP contribution is -2.09. The van der Waals surface area contributed by atoms with Gasteiger partial charge < -0.3 is 15.8 Å². The number of hydrogen-bond donors (Lipinski definition) is 2. The van der Waals surface area contributed by atoms with Crippen molar-refractivity contribution in [3.63, 3.8) is 0 Å². The number of nitrogen functional groups attached to an aromatic ring is 1. The van der Waals surface area contributed by atoms with E-state index in [-0.39, 0.29) is 5.95 Å². The molecule has 2 rings (SSSR count). The fourth-order valence-corrected chi connectivity index (χ4v) is 3.19. The summed E-state index contributed by atoms with van der Waals surface area (Å²) in [6, 6.07) is 6.84. The SMILES string of the molecule is CCCCNc1nc(N)ncc1OCCCc1cc(CC)cc(SC)c1. The van der Waals surface area contributed by atoms with E-state index in [1.165, 1.54) is 16.0 Å². The number of nitrogens with zero attached hydrogens (tertiary/aromatic N) is 2. The Labute approximate surface area is 161 Å². The number of anilines is 2. The largest absolute Gasteiger partial charge is 0.488 e. The fraction of sp³-hybridized carbons (Fsp3) is 0.500. The molecule has 0 atom stereocenters. The zero-order chi connectivity index (χ0) is 18.8. The smallest absolute Gasteiger partial charge is 0.222 e. The standard InChI is InChI=1S/C20H30N4OS/c1-4-6-9-22-19-18(14-23-20(21)24-19)25-10-7-8-16-11-15(5-2)12-17(13-16)26-3/h11-14H,4-10H2,1-3H3,(H3,21,22,23,24). The summed E-state index contributed by atoms with van der Waals surface area (Å²) < 4.78 is 5.91. The van der Waals surface area contributed by atoms with Gasteiger partial charge in [0.2, 0.25) is 5.95 Å². The zero-order valence-corrected chi connectivity index (χ0v) is 16.9. The minimum Gasteiger partial charge on any atom is -0.488 e. The quantitative estimate of drug-likeness (QED) is 0.443. The van der Waals surface area contributed by atoms with Crippen LogP contribution in [-0.4, -0.2) is 29.4 Å². The Balaban J connectivity index is 1.89. The van der Waals surface area contributed by atoms with Crippen molar-refractivity contribution in [2.75, 3.05) is 30.5 Å². The highest BCUT2D eigenvalue weighted by atomic mass is 32.2. The Morgan fingerprint density at radius 1 is 1.15 bits per heavy atom. The van der Waals surface area contributed by atoms with Gasteiger partial charge in [-0.3, -0.25) is 0 Å². The maximum atomic E-state index is 5.91. The van der Waals surface area contributed by atoms with Crippen molar-refractivity contribution in [3.05, 3.63) is 35.5 Å². The van der Waals surface area contributed by atoms with E-state index in [2.05, 4.69) is 53.6 Å². The Kier molecular flexibility index (Phi) is 8.54. The van der Waals surface area contributed by atoms with Crippen LogP contribution >= 0.6 is 11.8 Å². The van der Waals surface area contributed by atoms with Crippen LogP contribution in [0.1, 0.15) is 44.2 Å². The maximum Gasteiger partial charge on any atom is 0.222 e. The molecule has 1 heterocycles. The van der Waals surface area contributed by atoms with Crippen LogP contribution in [0.25, 0.3) is 0 Å². The molecule has 0 spiro atoms. The Morgan fingerprint density at radius 2 is 1.96 bits per heavy atom. The molecular formula is C20H30N4OS. The summed E-state index contributed by atoms with van der Waals surface area (Å²) in [5.41, 5.74) is 8.46. The lowest BCUT2D eigenvalue weighted by Gasteiger charge is -2.12. The van der Waals surface area contributed by atoms with Gasteiger partial charge in [0.05, 0.1) is 12.8 Å². The highest BCUT2D eigenvalue weighted by Gasteiger charge is 2.07. The van der Waals surface area contributed by atoms with Crippen LogP contribution < -0.4 is 15.8 Å². The molecule has 0 saturated heterocycles. The number of aromatic nitrogens is 2. The van der Waals surface area contributed by atoms with Gasteiger partial charge in [0.15, 0.2) is 11.6 Å². The van der Waals surface area contributed by atoms with Crippen molar-refractivity contribution < 1.29 is 4.74 Å². The summed E-state index contributed by atoms with van der Waals surface area (Å²) in [6.45, 7) is 5.83. The molecule has 0 bridgehead atoms. The third-order valence-electron chi connectivity index (χ3n) is 4.13. The molecule has 1 aromatic carbocycles. The molecule has 0 aliphatic carbocycles. The van der Waals surface area contributed by atoms with E-state index in [0.29, 0.717) is 18.2 Å². The summed E-state index contributed by atoms with van der Waals surface area (Å²) >= 11 is 1.79. The molecule has 0 aliphatic rings. The van der Waals surface area contributed by atoms with Gasteiger partial charge in [-0.2, -0.15) is 4.98 Å². The fourth-order valence-electron chi connectivity index (χ4n) is 2.65. The molecule has 0 saturated carbocycles. The van der Waals surface area contributed by atoms with E-state index >= 15 is 0 Å². The molecule has 6 heteroatoms. The molecule has 0 aliphatic heterocycles. The van der Waals surface area contributed by atoms with Gasteiger partial charge in [-0.1, -0.05) is 26.3 Å². The molecular weight excluding hydrogens is 344 g/mol.